The molecule has 3 aromatic carbocycles. The van der Waals surface area contributed by atoms with Crippen molar-refractivity contribution in [2.24, 2.45) is 0 Å². The number of carbonyl (C=O) groups is 2. The number of nitrogens with zero attached hydrogens (tertiary/aromatic N) is 1. The third-order valence-electron chi connectivity index (χ3n) is 5.15. The van der Waals surface area contributed by atoms with Crippen LogP contribution in [0.4, 0.5) is 10.8 Å². The monoisotopic (exact) mass is 503 g/mol. The van der Waals surface area contributed by atoms with Crippen molar-refractivity contribution in [1.29, 1.82) is 0 Å². The van der Waals surface area contributed by atoms with E-state index in [9.17, 15) is 9.59 Å². The topological polar surface area (TPSA) is 80.3 Å². The van der Waals surface area contributed by atoms with Crippen LogP contribution in [0.25, 0.3) is 11.3 Å². The first kappa shape index (κ1) is 24.5. The minimum atomic E-state index is -0.359. The lowest BCUT2D eigenvalue weighted by molar-refractivity contribution is -0.115. The average molecular weight is 504 g/mol. The fourth-order valence-corrected chi connectivity index (χ4v) is 5.00. The van der Waals surface area contributed by atoms with E-state index in [1.807, 2.05) is 86.0 Å². The van der Waals surface area contributed by atoms with Gasteiger partial charge < -0.3 is 15.4 Å². The van der Waals surface area contributed by atoms with Crippen LogP contribution in [-0.4, -0.2) is 29.2 Å². The van der Waals surface area contributed by atoms with Gasteiger partial charge in [-0.25, -0.2) is 4.98 Å². The molecule has 4 aromatic rings. The number of ether oxygens (including phenoxy) is 1. The maximum Gasteiger partial charge on any atom is 0.255 e. The Kier molecular flexibility index (Phi) is 7.84. The zero-order chi connectivity index (χ0) is 24.8. The van der Waals surface area contributed by atoms with Crippen molar-refractivity contribution in [2.45, 2.75) is 24.0 Å². The number of benzene rings is 3. The molecule has 0 radical (unpaired) electrons. The van der Waals surface area contributed by atoms with Gasteiger partial charge in [0.15, 0.2) is 5.13 Å². The van der Waals surface area contributed by atoms with Crippen molar-refractivity contribution in [2.75, 3.05) is 17.7 Å². The number of aromatic nitrogens is 1. The van der Waals surface area contributed by atoms with Crippen molar-refractivity contribution in [3.05, 3.63) is 89.3 Å². The zero-order valence-corrected chi connectivity index (χ0v) is 21.2. The minimum Gasteiger partial charge on any atom is -0.497 e. The van der Waals surface area contributed by atoms with Crippen molar-refractivity contribution in [3.8, 4) is 17.0 Å². The quantitative estimate of drug-likeness (QED) is 0.268. The number of anilines is 2. The van der Waals surface area contributed by atoms with Gasteiger partial charge in [-0.1, -0.05) is 35.9 Å². The standard InChI is InChI=1S/C27H25N3O3S2/c1-17-7-4-9-20(13-17)26(32)28-21-10-6-12-23(15-21)35-18(2)25(31)30-27-29-24(16-34-27)19-8-5-11-22(14-19)33-3/h4-16,18H,1-3H3,(H,28,32)(H,29,30,31). The van der Waals surface area contributed by atoms with E-state index in [-0.39, 0.29) is 17.1 Å². The van der Waals surface area contributed by atoms with Crippen molar-refractivity contribution in [1.82, 2.24) is 4.98 Å². The van der Waals surface area contributed by atoms with Gasteiger partial charge in [0.1, 0.15) is 5.75 Å². The molecule has 1 aromatic heterocycles. The van der Waals surface area contributed by atoms with E-state index in [0.717, 1.165) is 27.5 Å². The first-order valence-electron chi connectivity index (χ1n) is 11.0. The van der Waals surface area contributed by atoms with Crippen LogP contribution in [0, 0.1) is 6.92 Å². The molecule has 8 heteroatoms. The van der Waals surface area contributed by atoms with E-state index in [1.165, 1.54) is 23.1 Å². The highest BCUT2D eigenvalue weighted by atomic mass is 32.2. The molecule has 2 amide bonds. The predicted molar refractivity (Wildman–Crippen MR) is 144 cm³/mol. The molecule has 6 nitrogen and oxygen atoms in total. The van der Waals surface area contributed by atoms with E-state index in [4.69, 9.17) is 4.74 Å². The first-order chi connectivity index (χ1) is 16.9. The van der Waals surface area contributed by atoms with Crippen molar-refractivity contribution >= 4 is 45.7 Å². The summed E-state index contributed by atoms with van der Waals surface area (Å²) < 4.78 is 5.27. The van der Waals surface area contributed by atoms with Gasteiger partial charge in [-0.05, 0) is 56.3 Å². The summed E-state index contributed by atoms with van der Waals surface area (Å²) in [6.45, 7) is 3.79. The molecule has 0 saturated carbocycles. The second-order valence-electron chi connectivity index (χ2n) is 7.87. The molecular formula is C27H25N3O3S2. The Labute approximate surface area is 212 Å². The largest absolute Gasteiger partial charge is 0.497 e. The predicted octanol–water partition coefficient (Wildman–Crippen LogP) is 6.50. The molecule has 0 bridgehead atoms. The molecule has 0 fully saturated rings. The fourth-order valence-electron chi connectivity index (χ4n) is 3.35. The lowest BCUT2D eigenvalue weighted by atomic mass is 10.1. The zero-order valence-electron chi connectivity index (χ0n) is 19.6. The molecule has 178 valence electrons. The molecule has 1 heterocycles. The van der Waals surface area contributed by atoms with E-state index in [2.05, 4.69) is 15.6 Å². The van der Waals surface area contributed by atoms with Gasteiger partial charge in [0.2, 0.25) is 5.91 Å². The number of hydrogen-bond acceptors (Lipinski definition) is 6. The Morgan fingerprint density at radius 1 is 1.00 bits per heavy atom. The van der Waals surface area contributed by atoms with Crippen LogP contribution in [0.2, 0.25) is 0 Å². The van der Waals surface area contributed by atoms with Gasteiger partial charge in [0.25, 0.3) is 5.91 Å². The molecule has 4 rings (SSSR count). The van der Waals surface area contributed by atoms with Crippen LogP contribution in [0.15, 0.2) is 83.1 Å². The number of nitrogens with one attached hydrogen (secondary N) is 2. The van der Waals surface area contributed by atoms with Crippen LogP contribution in [0.3, 0.4) is 0 Å². The molecule has 35 heavy (non-hydrogen) atoms. The van der Waals surface area contributed by atoms with E-state index >= 15 is 0 Å². The maximum atomic E-state index is 12.8. The average Bonchev–Trinajstić information content (AvgIpc) is 3.32. The summed E-state index contributed by atoms with van der Waals surface area (Å²) in [6.07, 6.45) is 0. The summed E-state index contributed by atoms with van der Waals surface area (Å²) in [7, 11) is 1.62. The van der Waals surface area contributed by atoms with Gasteiger partial charge >= 0.3 is 0 Å². The van der Waals surface area contributed by atoms with Gasteiger partial charge in [0.05, 0.1) is 18.1 Å². The number of aryl methyl sites for hydroxylation is 1. The van der Waals surface area contributed by atoms with E-state index in [1.54, 1.807) is 13.2 Å². The molecule has 0 aliphatic carbocycles. The molecule has 2 N–H and O–H groups in total. The summed E-state index contributed by atoms with van der Waals surface area (Å²) in [5, 5.41) is 7.91. The lowest BCUT2D eigenvalue weighted by Crippen LogP contribution is -2.22. The van der Waals surface area contributed by atoms with Crippen LogP contribution in [0.1, 0.15) is 22.8 Å². The number of thioether (sulfide) groups is 1. The highest BCUT2D eigenvalue weighted by molar-refractivity contribution is 8.00. The summed E-state index contributed by atoms with van der Waals surface area (Å²) in [5.74, 6) is 0.441. The molecule has 1 atom stereocenters. The molecular weight excluding hydrogens is 478 g/mol. The van der Waals surface area contributed by atoms with Gasteiger partial charge in [-0.3, -0.25) is 9.59 Å². The minimum absolute atomic E-state index is 0.143. The molecule has 0 spiro atoms. The molecule has 0 aliphatic rings. The Hall–Kier alpha value is -3.62. The molecule has 1 unspecified atom stereocenters. The van der Waals surface area contributed by atoms with Gasteiger partial charge in [0, 0.05) is 27.1 Å². The Bertz CT molecular complexity index is 1350. The Morgan fingerprint density at radius 3 is 2.60 bits per heavy atom. The normalized spacial score (nSPS) is 11.5. The number of thiazole rings is 1. The summed E-state index contributed by atoms with van der Waals surface area (Å²) in [4.78, 5) is 30.8. The third kappa shape index (κ3) is 6.49. The van der Waals surface area contributed by atoms with Crippen molar-refractivity contribution < 1.29 is 14.3 Å². The van der Waals surface area contributed by atoms with Crippen molar-refractivity contribution in [3.63, 3.8) is 0 Å². The smallest absolute Gasteiger partial charge is 0.255 e. The van der Waals surface area contributed by atoms with Crippen LogP contribution >= 0.6 is 23.1 Å². The van der Waals surface area contributed by atoms with E-state index < -0.39 is 0 Å². The third-order valence-corrected chi connectivity index (χ3v) is 7.01. The SMILES string of the molecule is COc1cccc(-c2csc(NC(=O)C(C)Sc3cccc(NC(=O)c4cccc(C)c4)c3)n2)c1. The fraction of sp³-hybridized carbons (Fsp3) is 0.148. The highest BCUT2D eigenvalue weighted by Gasteiger charge is 2.17. The number of methoxy groups -OCH3 is 1. The van der Waals surface area contributed by atoms with Crippen LogP contribution in [0.5, 0.6) is 5.75 Å². The lowest BCUT2D eigenvalue weighted by Gasteiger charge is -2.12. The summed E-state index contributed by atoms with van der Waals surface area (Å²) in [5.41, 5.74) is 4.01. The first-order valence-corrected chi connectivity index (χ1v) is 12.7. The molecule has 0 aliphatic heterocycles. The molecule has 0 saturated heterocycles. The van der Waals surface area contributed by atoms with Crippen LogP contribution < -0.4 is 15.4 Å². The van der Waals surface area contributed by atoms with Crippen LogP contribution in [-0.2, 0) is 4.79 Å². The second-order valence-corrected chi connectivity index (χ2v) is 10.1. The summed E-state index contributed by atoms with van der Waals surface area (Å²) >= 11 is 2.79. The van der Waals surface area contributed by atoms with E-state index in [0.29, 0.717) is 16.4 Å². The summed E-state index contributed by atoms with van der Waals surface area (Å²) in [6, 6.07) is 22.6. The number of carbonyl (C=O) groups excluding carboxylic acids is 2. The number of rotatable bonds is 8. The van der Waals surface area contributed by atoms with Gasteiger partial charge in [-0.2, -0.15) is 0 Å². The Morgan fingerprint density at radius 2 is 1.80 bits per heavy atom. The highest BCUT2D eigenvalue weighted by Crippen LogP contribution is 2.30. The number of amides is 2. The maximum absolute atomic E-state index is 12.8. The van der Waals surface area contributed by atoms with Gasteiger partial charge in [-0.15, -0.1) is 23.1 Å². The second kappa shape index (κ2) is 11.2. The number of hydrogen-bond donors (Lipinski definition) is 2. The Balaban J connectivity index is 1.36.